The Kier molecular flexibility index (Phi) is 7.74. The van der Waals surface area contributed by atoms with Crippen molar-refractivity contribution < 1.29 is 9.59 Å². The highest BCUT2D eigenvalue weighted by Gasteiger charge is 2.22. The molecule has 1 unspecified atom stereocenters. The summed E-state index contributed by atoms with van der Waals surface area (Å²) in [6, 6.07) is 5.94. The van der Waals surface area contributed by atoms with Gasteiger partial charge in [0.05, 0.1) is 12.5 Å². The monoisotopic (exact) mass is 325 g/mol. The molecular weight excluding hydrogens is 302 g/mol. The molecule has 0 spiro atoms. The Balaban J connectivity index is 2.87. The molecule has 0 bridgehead atoms. The SMILES string of the molecule is CCCCN(CC)C(=O)CC(NC(N)=O)c1ccccc1Cl. The molecule has 0 aliphatic carbocycles. The number of hydrogen-bond acceptors (Lipinski definition) is 2. The van der Waals surface area contributed by atoms with Crippen LogP contribution in [0.4, 0.5) is 4.79 Å². The summed E-state index contributed by atoms with van der Waals surface area (Å²) in [6.07, 6.45) is 2.13. The van der Waals surface area contributed by atoms with Crippen LogP contribution in [0.5, 0.6) is 0 Å². The Labute approximate surface area is 136 Å². The molecule has 1 atom stereocenters. The van der Waals surface area contributed by atoms with E-state index >= 15 is 0 Å². The van der Waals surface area contributed by atoms with Gasteiger partial charge in [-0.3, -0.25) is 4.79 Å². The Bertz CT molecular complexity index is 508. The van der Waals surface area contributed by atoms with Gasteiger partial charge >= 0.3 is 6.03 Å². The molecule has 22 heavy (non-hydrogen) atoms. The molecule has 0 saturated heterocycles. The summed E-state index contributed by atoms with van der Waals surface area (Å²) in [5.74, 6) is -0.0189. The van der Waals surface area contributed by atoms with E-state index in [4.69, 9.17) is 17.3 Å². The fraction of sp³-hybridized carbons (Fsp3) is 0.500. The first-order valence-electron chi connectivity index (χ1n) is 7.57. The summed E-state index contributed by atoms with van der Waals surface area (Å²) in [4.78, 5) is 25.5. The minimum atomic E-state index is -0.672. The van der Waals surface area contributed by atoms with Gasteiger partial charge in [-0.15, -0.1) is 0 Å². The molecule has 0 aliphatic rings. The predicted molar refractivity (Wildman–Crippen MR) is 88.7 cm³/mol. The third-order valence-electron chi connectivity index (χ3n) is 3.49. The number of nitrogens with zero attached hydrogens (tertiary/aromatic N) is 1. The molecule has 1 rings (SSSR count). The number of amides is 3. The summed E-state index contributed by atoms with van der Waals surface area (Å²) in [6.45, 7) is 5.39. The number of rotatable bonds is 8. The molecule has 6 heteroatoms. The summed E-state index contributed by atoms with van der Waals surface area (Å²) >= 11 is 6.17. The Morgan fingerprint density at radius 1 is 1.32 bits per heavy atom. The number of nitrogens with two attached hydrogens (primary N) is 1. The fourth-order valence-corrected chi connectivity index (χ4v) is 2.55. The molecule has 0 saturated carbocycles. The number of carbonyl (C=O) groups is 2. The zero-order valence-corrected chi connectivity index (χ0v) is 13.9. The van der Waals surface area contributed by atoms with Crippen molar-refractivity contribution in [1.29, 1.82) is 0 Å². The zero-order chi connectivity index (χ0) is 16.5. The van der Waals surface area contributed by atoms with Crippen LogP contribution < -0.4 is 11.1 Å². The molecule has 0 aromatic heterocycles. The minimum absolute atomic E-state index is 0.0189. The highest BCUT2D eigenvalue weighted by molar-refractivity contribution is 6.31. The van der Waals surface area contributed by atoms with E-state index in [0.717, 1.165) is 19.4 Å². The van der Waals surface area contributed by atoms with Crippen molar-refractivity contribution in [3.63, 3.8) is 0 Å². The number of carbonyl (C=O) groups excluding carboxylic acids is 2. The lowest BCUT2D eigenvalue weighted by molar-refractivity contribution is -0.131. The van der Waals surface area contributed by atoms with Gasteiger partial charge in [-0.2, -0.15) is 0 Å². The second-order valence-corrected chi connectivity index (χ2v) is 5.52. The Morgan fingerprint density at radius 2 is 2.00 bits per heavy atom. The normalized spacial score (nSPS) is 11.8. The fourth-order valence-electron chi connectivity index (χ4n) is 2.28. The van der Waals surface area contributed by atoms with Crippen LogP contribution in [0.1, 0.15) is 44.7 Å². The predicted octanol–water partition coefficient (Wildman–Crippen LogP) is 3.09. The third-order valence-corrected chi connectivity index (χ3v) is 3.84. The molecule has 122 valence electrons. The lowest BCUT2D eigenvalue weighted by Gasteiger charge is -2.25. The maximum atomic E-state index is 12.4. The van der Waals surface area contributed by atoms with Gasteiger partial charge in [-0.25, -0.2) is 4.79 Å². The average molecular weight is 326 g/mol. The zero-order valence-electron chi connectivity index (χ0n) is 13.1. The van der Waals surface area contributed by atoms with E-state index in [1.807, 2.05) is 13.0 Å². The quantitative estimate of drug-likeness (QED) is 0.770. The van der Waals surface area contributed by atoms with Crippen LogP contribution in [0.2, 0.25) is 5.02 Å². The van der Waals surface area contributed by atoms with Gasteiger partial charge in [0.2, 0.25) is 5.91 Å². The maximum Gasteiger partial charge on any atom is 0.312 e. The molecular formula is C16H24ClN3O2. The van der Waals surface area contributed by atoms with Gasteiger partial charge in [0.15, 0.2) is 0 Å². The number of benzene rings is 1. The van der Waals surface area contributed by atoms with Crippen LogP contribution >= 0.6 is 11.6 Å². The third kappa shape index (κ3) is 5.56. The van der Waals surface area contributed by atoms with Crippen LogP contribution in [0.25, 0.3) is 0 Å². The number of nitrogens with one attached hydrogen (secondary N) is 1. The van der Waals surface area contributed by atoms with E-state index in [9.17, 15) is 9.59 Å². The summed E-state index contributed by atoms with van der Waals surface area (Å²) in [5, 5.41) is 3.12. The summed E-state index contributed by atoms with van der Waals surface area (Å²) in [5.41, 5.74) is 5.92. The van der Waals surface area contributed by atoms with Gasteiger partial charge in [0, 0.05) is 18.1 Å². The first-order valence-corrected chi connectivity index (χ1v) is 7.95. The molecule has 1 aromatic rings. The molecule has 5 nitrogen and oxygen atoms in total. The van der Waals surface area contributed by atoms with E-state index in [0.29, 0.717) is 17.1 Å². The lowest BCUT2D eigenvalue weighted by Crippen LogP contribution is -2.38. The highest BCUT2D eigenvalue weighted by atomic mass is 35.5. The second-order valence-electron chi connectivity index (χ2n) is 5.11. The largest absolute Gasteiger partial charge is 0.352 e. The molecule has 0 fully saturated rings. The van der Waals surface area contributed by atoms with Crippen molar-refractivity contribution >= 4 is 23.5 Å². The molecule has 3 amide bonds. The van der Waals surface area contributed by atoms with Crippen molar-refractivity contribution in [2.75, 3.05) is 13.1 Å². The van der Waals surface area contributed by atoms with E-state index in [2.05, 4.69) is 12.2 Å². The summed E-state index contributed by atoms with van der Waals surface area (Å²) < 4.78 is 0. The van der Waals surface area contributed by atoms with Gasteiger partial charge in [-0.1, -0.05) is 43.1 Å². The molecule has 0 heterocycles. The lowest BCUT2D eigenvalue weighted by atomic mass is 10.0. The molecule has 0 radical (unpaired) electrons. The van der Waals surface area contributed by atoms with Gasteiger partial charge in [0.1, 0.15) is 0 Å². The average Bonchev–Trinajstić information content (AvgIpc) is 2.47. The van der Waals surface area contributed by atoms with Crippen molar-refractivity contribution in [2.45, 2.75) is 39.2 Å². The first kappa shape index (κ1) is 18.3. The highest BCUT2D eigenvalue weighted by Crippen LogP contribution is 2.25. The topological polar surface area (TPSA) is 75.4 Å². The van der Waals surface area contributed by atoms with Gasteiger partial charge < -0.3 is 16.0 Å². The number of hydrogen-bond donors (Lipinski definition) is 2. The number of unbranched alkanes of at least 4 members (excludes halogenated alkanes) is 1. The maximum absolute atomic E-state index is 12.4. The van der Waals surface area contributed by atoms with E-state index in [1.165, 1.54) is 0 Å². The Morgan fingerprint density at radius 3 is 2.55 bits per heavy atom. The van der Waals surface area contributed by atoms with Crippen LogP contribution in [0.3, 0.4) is 0 Å². The van der Waals surface area contributed by atoms with E-state index in [-0.39, 0.29) is 12.3 Å². The van der Waals surface area contributed by atoms with E-state index < -0.39 is 12.1 Å². The van der Waals surface area contributed by atoms with Crippen molar-refractivity contribution in [3.8, 4) is 0 Å². The smallest absolute Gasteiger partial charge is 0.312 e. The van der Waals surface area contributed by atoms with Crippen LogP contribution in [0.15, 0.2) is 24.3 Å². The summed E-state index contributed by atoms with van der Waals surface area (Å²) in [7, 11) is 0. The molecule has 1 aromatic carbocycles. The second kappa shape index (κ2) is 9.30. The minimum Gasteiger partial charge on any atom is -0.352 e. The van der Waals surface area contributed by atoms with Gasteiger partial charge in [-0.05, 0) is 25.0 Å². The van der Waals surface area contributed by atoms with Crippen molar-refractivity contribution in [1.82, 2.24) is 10.2 Å². The van der Waals surface area contributed by atoms with Crippen molar-refractivity contribution in [3.05, 3.63) is 34.9 Å². The molecule has 0 aliphatic heterocycles. The first-order chi connectivity index (χ1) is 10.5. The van der Waals surface area contributed by atoms with Crippen LogP contribution in [-0.2, 0) is 4.79 Å². The number of primary amides is 1. The standard InChI is InChI=1S/C16H24ClN3O2/c1-3-5-10-20(4-2)15(21)11-14(19-16(18)22)12-8-6-7-9-13(12)17/h6-9,14H,3-5,10-11H2,1-2H3,(H3,18,19,22). The van der Waals surface area contributed by atoms with Crippen LogP contribution in [0, 0.1) is 0 Å². The Hall–Kier alpha value is -1.75. The van der Waals surface area contributed by atoms with Crippen molar-refractivity contribution in [2.24, 2.45) is 5.73 Å². The van der Waals surface area contributed by atoms with Gasteiger partial charge in [0.25, 0.3) is 0 Å². The van der Waals surface area contributed by atoms with E-state index in [1.54, 1.807) is 23.1 Å². The number of halogens is 1. The van der Waals surface area contributed by atoms with Crippen LogP contribution in [-0.4, -0.2) is 29.9 Å². The number of urea groups is 1. The molecule has 3 N–H and O–H groups in total.